The average molecular weight is 351 g/mol. The van der Waals surface area contributed by atoms with E-state index in [2.05, 4.69) is 15.9 Å². The smallest absolute Gasteiger partial charge is 0.417 e. The molecule has 0 spiro atoms. The zero-order valence-corrected chi connectivity index (χ0v) is 11.8. The van der Waals surface area contributed by atoms with Gasteiger partial charge in [-0.2, -0.15) is 13.2 Å². The number of cyclic esters (lactones) is 1. The Morgan fingerprint density at radius 3 is 2.55 bits per heavy atom. The summed E-state index contributed by atoms with van der Waals surface area (Å²) < 4.78 is 49.5. The van der Waals surface area contributed by atoms with Crippen molar-refractivity contribution >= 4 is 21.9 Å². The van der Waals surface area contributed by atoms with Crippen LogP contribution in [0.1, 0.15) is 45.8 Å². The third-order valence-electron chi connectivity index (χ3n) is 3.46. The van der Waals surface area contributed by atoms with Gasteiger partial charge in [0.25, 0.3) is 0 Å². The van der Waals surface area contributed by atoms with E-state index in [-0.39, 0.29) is 17.4 Å². The number of esters is 1. The van der Waals surface area contributed by atoms with Crippen LogP contribution < -0.4 is 4.74 Å². The maximum atomic E-state index is 13.1. The van der Waals surface area contributed by atoms with E-state index in [1.165, 1.54) is 6.07 Å². The molecule has 1 atom stereocenters. The van der Waals surface area contributed by atoms with Gasteiger partial charge in [-0.05, 0) is 47.3 Å². The number of benzene rings is 1. The van der Waals surface area contributed by atoms with Crippen LogP contribution in [0.3, 0.4) is 0 Å². The van der Waals surface area contributed by atoms with Crippen LogP contribution in [0.15, 0.2) is 12.1 Å². The molecule has 0 saturated heterocycles. The maximum absolute atomic E-state index is 13.1. The Hall–Kier alpha value is -1.24. The van der Waals surface area contributed by atoms with Gasteiger partial charge >= 0.3 is 12.1 Å². The lowest BCUT2D eigenvalue weighted by Gasteiger charge is -2.27. The van der Waals surface area contributed by atoms with Crippen molar-refractivity contribution < 1.29 is 27.4 Å². The van der Waals surface area contributed by atoms with Gasteiger partial charge in [-0.1, -0.05) is 0 Å². The highest BCUT2D eigenvalue weighted by Crippen LogP contribution is 2.45. The van der Waals surface area contributed by atoms with E-state index in [1.807, 2.05) is 0 Å². The van der Waals surface area contributed by atoms with E-state index in [0.717, 1.165) is 25.3 Å². The third kappa shape index (κ3) is 2.28. The van der Waals surface area contributed by atoms with Crippen molar-refractivity contribution in [3.05, 3.63) is 28.8 Å². The van der Waals surface area contributed by atoms with E-state index in [4.69, 9.17) is 9.47 Å². The molecule has 1 heterocycles. The number of alkyl halides is 4. The summed E-state index contributed by atoms with van der Waals surface area (Å²) in [5.41, 5.74) is -1.27. The first-order valence-corrected chi connectivity index (χ1v) is 7.04. The molecule has 0 bridgehead atoms. The van der Waals surface area contributed by atoms with Crippen molar-refractivity contribution in [1.82, 2.24) is 0 Å². The Morgan fingerprint density at radius 1 is 1.30 bits per heavy atom. The molecule has 0 amide bonds. The minimum atomic E-state index is -4.63. The normalized spacial score (nSPS) is 22.2. The van der Waals surface area contributed by atoms with E-state index in [0.29, 0.717) is 0 Å². The van der Waals surface area contributed by atoms with Crippen molar-refractivity contribution in [3.8, 4) is 5.75 Å². The molecule has 1 aromatic carbocycles. The summed E-state index contributed by atoms with van der Waals surface area (Å²) in [4.78, 5) is 11.6. The van der Waals surface area contributed by atoms with Crippen molar-refractivity contribution in [2.45, 2.75) is 36.6 Å². The van der Waals surface area contributed by atoms with Crippen LogP contribution in [0.5, 0.6) is 5.75 Å². The highest BCUT2D eigenvalue weighted by Gasteiger charge is 2.42. The molecule has 20 heavy (non-hydrogen) atoms. The summed E-state index contributed by atoms with van der Waals surface area (Å²) >= 11 is 3.04. The summed E-state index contributed by atoms with van der Waals surface area (Å²) in [6.07, 6.45) is -1.97. The van der Waals surface area contributed by atoms with Crippen LogP contribution in [-0.4, -0.2) is 12.1 Å². The molecule has 3 nitrogen and oxygen atoms in total. The zero-order valence-electron chi connectivity index (χ0n) is 10.2. The molecular formula is C13H10BrF3O3. The number of hydrogen-bond acceptors (Lipinski definition) is 3. The largest absolute Gasteiger partial charge is 0.490 e. The van der Waals surface area contributed by atoms with Crippen LogP contribution in [0.2, 0.25) is 0 Å². The highest BCUT2D eigenvalue weighted by molar-refractivity contribution is 9.09. The first-order valence-electron chi connectivity index (χ1n) is 6.13. The Bertz CT molecular complexity index is 567. The topological polar surface area (TPSA) is 35.5 Å². The number of ether oxygens (including phenoxy) is 2. The standard InChI is InChI=1S/C13H10BrF3O3/c14-11-8-4-7(19-6-2-1-3-6)5-9(13(15,16)17)10(8)12(18)20-11/h4-6,11H,1-3H2. The van der Waals surface area contributed by atoms with E-state index in [9.17, 15) is 18.0 Å². The fraction of sp³-hybridized carbons (Fsp3) is 0.462. The molecule has 1 unspecified atom stereocenters. The summed E-state index contributed by atoms with van der Waals surface area (Å²) in [5.74, 6) is -0.840. The SMILES string of the molecule is O=C1OC(Br)c2cc(OC3CCC3)cc(C(F)(F)F)c21. The lowest BCUT2D eigenvalue weighted by molar-refractivity contribution is -0.138. The van der Waals surface area contributed by atoms with Gasteiger partial charge in [-0.25, -0.2) is 4.79 Å². The number of rotatable bonds is 2. The first-order chi connectivity index (χ1) is 9.36. The van der Waals surface area contributed by atoms with Gasteiger partial charge in [0, 0.05) is 5.56 Å². The van der Waals surface area contributed by atoms with Gasteiger partial charge < -0.3 is 9.47 Å². The monoisotopic (exact) mass is 350 g/mol. The first kappa shape index (κ1) is 13.7. The molecule has 1 aliphatic heterocycles. The average Bonchev–Trinajstić information content (AvgIpc) is 2.58. The third-order valence-corrected chi connectivity index (χ3v) is 4.14. The Kier molecular flexibility index (Phi) is 3.19. The van der Waals surface area contributed by atoms with Crippen molar-refractivity contribution in [3.63, 3.8) is 0 Å². The minimum absolute atomic E-state index is 0.0408. The van der Waals surface area contributed by atoms with Gasteiger partial charge in [-0.15, -0.1) is 0 Å². The molecule has 0 radical (unpaired) electrons. The van der Waals surface area contributed by atoms with E-state index >= 15 is 0 Å². The molecule has 3 rings (SSSR count). The van der Waals surface area contributed by atoms with Crippen molar-refractivity contribution in [2.24, 2.45) is 0 Å². The lowest BCUT2D eigenvalue weighted by Crippen LogP contribution is -2.25. The lowest BCUT2D eigenvalue weighted by atomic mass is 9.96. The Labute approximate surface area is 121 Å². The molecule has 1 aromatic rings. The fourth-order valence-electron chi connectivity index (χ4n) is 2.23. The van der Waals surface area contributed by atoms with Crippen molar-refractivity contribution in [2.75, 3.05) is 0 Å². The zero-order chi connectivity index (χ0) is 14.5. The number of fused-ring (bicyclic) bond motifs is 1. The fourth-order valence-corrected chi connectivity index (χ4v) is 2.76. The number of hydrogen-bond donors (Lipinski definition) is 0. The van der Waals surface area contributed by atoms with Gasteiger partial charge in [-0.3, -0.25) is 0 Å². The predicted octanol–water partition coefficient (Wildman–Crippen LogP) is 4.20. The van der Waals surface area contributed by atoms with E-state index < -0.39 is 28.3 Å². The van der Waals surface area contributed by atoms with Gasteiger partial charge in [0.05, 0.1) is 17.2 Å². The van der Waals surface area contributed by atoms with Crippen LogP contribution >= 0.6 is 15.9 Å². The summed E-state index contributed by atoms with van der Waals surface area (Å²) in [7, 11) is 0. The van der Waals surface area contributed by atoms with Crippen LogP contribution in [-0.2, 0) is 10.9 Å². The quantitative estimate of drug-likeness (QED) is 0.592. The number of halogens is 4. The second-order valence-corrected chi connectivity index (χ2v) is 5.66. The second-order valence-electron chi connectivity index (χ2n) is 4.82. The van der Waals surface area contributed by atoms with Gasteiger partial charge in [0.2, 0.25) is 0 Å². The molecule has 7 heteroatoms. The molecule has 0 aromatic heterocycles. The van der Waals surface area contributed by atoms with Gasteiger partial charge in [0.1, 0.15) is 5.75 Å². The Balaban J connectivity index is 2.06. The summed E-state index contributed by atoms with van der Waals surface area (Å²) in [6, 6.07) is 2.32. The number of carbonyl (C=O) groups is 1. The predicted molar refractivity (Wildman–Crippen MR) is 66.8 cm³/mol. The Morgan fingerprint density at radius 2 is 2.00 bits per heavy atom. The molecule has 1 saturated carbocycles. The molecule has 1 fully saturated rings. The second kappa shape index (κ2) is 4.65. The van der Waals surface area contributed by atoms with Crippen LogP contribution in [0, 0.1) is 0 Å². The summed E-state index contributed by atoms with van der Waals surface area (Å²) in [5, 5.41) is -0.865. The molecule has 108 valence electrons. The number of carbonyl (C=O) groups excluding carboxylic acids is 1. The van der Waals surface area contributed by atoms with Crippen LogP contribution in [0.4, 0.5) is 13.2 Å². The van der Waals surface area contributed by atoms with E-state index in [1.54, 1.807) is 0 Å². The molecular weight excluding hydrogens is 341 g/mol. The summed E-state index contributed by atoms with van der Waals surface area (Å²) in [6.45, 7) is 0. The minimum Gasteiger partial charge on any atom is -0.490 e. The maximum Gasteiger partial charge on any atom is 0.417 e. The van der Waals surface area contributed by atoms with Crippen LogP contribution in [0.25, 0.3) is 0 Å². The molecule has 1 aliphatic carbocycles. The van der Waals surface area contributed by atoms with Gasteiger partial charge in [0.15, 0.2) is 5.01 Å². The van der Waals surface area contributed by atoms with Crippen molar-refractivity contribution in [1.29, 1.82) is 0 Å². The molecule has 0 N–H and O–H groups in total. The highest BCUT2D eigenvalue weighted by atomic mass is 79.9. The molecule has 2 aliphatic rings.